The molecular formula is C30H27N3O5S. The lowest BCUT2D eigenvalue weighted by Gasteiger charge is -2.13. The van der Waals surface area contributed by atoms with E-state index in [1.54, 1.807) is 86.0 Å². The van der Waals surface area contributed by atoms with Gasteiger partial charge in [-0.15, -0.1) is 11.8 Å². The van der Waals surface area contributed by atoms with Gasteiger partial charge in [0.05, 0.1) is 18.6 Å². The zero-order chi connectivity index (χ0) is 27.6. The van der Waals surface area contributed by atoms with Crippen LogP contribution in [0.3, 0.4) is 0 Å². The number of ether oxygens (including phenoxy) is 1. The molecule has 39 heavy (non-hydrogen) atoms. The second-order valence-electron chi connectivity index (χ2n) is 8.35. The van der Waals surface area contributed by atoms with Gasteiger partial charge in [-0.3, -0.25) is 14.4 Å². The Bertz CT molecular complexity index is 1430. The van der Waals surface area contributed by atoms with Crippen LogP contribution in [-0.2, 0) is 9.59 Å². The van der Waals surface area contributed by atoms with Crippen LogP contribution in [0.25, 0.3) is 6.08 Å². The molecule has 198 valence electrons. The minimum absolute atomic E-state index is 0.0288. The fourth-order valence-corrected chi connectivity index (χ4v) is 4.32. The van der Waals surface area contributed by atoms with Gasteiger partial charge in [0, 0.05) is 27.9 Å². The van der Waals surface area contributed by atoms with Gasteiger partial charge < -0.3 is 25.1 Å². The second kappa shape index (κ2) is 13.2. The number of carbonyl (C=O) groups excluding carboxylic acids is 3. The Morgan fingerprint density at radius 2 is 1.51 bits per heavy atom. The lowest BCUT2D eigenvalue weighted by molar-refractivity contribution is -0.115. The van der Waals surface area contributed by atoms with Crippen molar-refractivity contribution in [3.05, 3.63) is 114 Å². The zero-order valence-corrected chi connectivity index (χ0v) is 22.2. The summed E-state index contributed by atoms with van der Waals surface area (Å²) in [6, 6.07) is 26.2. The highest BCUT2D eigenvalue weighted by molar-refractivity contribution is 8.00. The van der Waals surface area contributed by atoms with E-state index in [4.69, 9.17) is 9.15 Å². The first kappa shape index (κ1) is 27.3. The summed E-state index contributed by atoms with van der Waals surface area (Å²) >= 11 is 1.39. The largest absolute Gasteiger partial charge is 0.497 e. The van der Waals surface area contributed by atoms with Crippen LogP contribution in [0, 0.1) is 0 Å². The van der Waals surface area contributed by atoms with Crippen LogP contribution in [0.1, 0.15) is 23.0 Å². The zero-order valence-electron chi connectivity index (χ0n) is 21.3. The molecule has 0 aliphatic carbocycles. The number of amides is 3. The van der Waals surface area contributed by atoms with Gasteiger partial charge in [0.25, 0.3) is 11.8 Å². The van der Waals surface area contributed by atoms with Crippen molar-refractivity contribution in [3.63, 3.8) is 0 Å². The number of nitrogens with one attached hydrogen (secondary N) is 3. The fraction of sp³-hybridized carbons (Fsp3) is 0.100. The number of hydrogen-bond acceptors (Lipinski definition) is 6. The Morgan fingerprint density at radius 1 is 0.846 bits per heavy atom. The molecule has 0 radical (unpaired) electrons. The number of hydrogen-bond donors (Lipinski definition) is 3. The van der Waals surface area contributed by atoms with Gasteiger partial charge in [-0.05, 0) is 79.7 Å². The Kier molecular flexibility index (Phi) is 9.20. The Hall–Kier alpha value is -4.76. The van der Waals surface area contributed by atoms with Crippen LogP contribution >= 0.6 is 11.8 Å². The van der Waals surface area contributed by atoms with E-state index in [0.717, 1.165) is 4.90 Å². The first-order chi connectivity index (χ1) is 18.9. The Labute approximate surface area is 230 Å². The molecule has 3 aromatic carbocycles. The number of benzene rings is 3. The molecule has 1 atom stereocenters. The normalized spacial score (nSPS) is 11.8. The minimum atomic E-state index is -0.511. The van der Waals surface area contributed by atoms with Gasteiger partial charge in [0.15, 0.2) is 0 Å². The third-order valence-corrected chi connectivity index (χ3v) is 6.62. The summed E-state index contributed by atoms with van der Waals surface area (Å²) in [6.45, 7) is 1.82. The van der Waals surface area contributed by atoms with E-state index in [1.807, 2.05) is 19.1 Å². The summed E-state index contributed by atoms with van der Waals surface area (Å²) in [5, 5.41) is 7.99. The maximum atomic E-state index is 13.1. The van der Waals surface area contributed by atoms with Crippen LogP contribution in [-0.4, -0.2) is 30.1 Å². The lowest BCUT2D eigenvalue weighted by Crippen LogP contribution is -2.30. The van der Waals surface area contributed by atoms with Gasteiger partial charge in [0.2, 0.25) is 5.91 Å². The number of anilines is 2. The molecule has 0 saturated carbocycles. The number of methoxy groups -OCH3 is 1. The predicted molar refractivity (Wildman–Crippen MR) is 153 cm³/mol. The van der Waals surface area contributed by atoms with Crippen LogP contribution in [0.2, 0.25) is 0 Å². The van der Waals surface area contributed by atoms with Gasteiger partial charge in [-0.1, -0.05) is 18.2 Å². The van der Waals surface area contributed by atoms with Crippen LogP contribution in [0.5, 0.6) is 5.75 Å². The molecule has 0 bridgehead atoms. The molecule has 0 aliphatic heterocycles. The molecular weight excluding hydrogens is 514 g/mol. The third-order valence-electron chi connectivity index (χ3n) is 5.51. The summed E-state index contributed by atoms with van der Waals surface area (Å²) in [7, 11) is 1.59. The van der Waals surface area contributed by atoms with Crippen LogP contribution < -0.4 is 20.7 Å². The number of thioether (sulfide) groups is 1. The minimum Gasteiger partial charge on any atom is -0.497 e. The molecule has 1 heterocycles. The molecule has 8 nitrogen and oxygen atoms in total. The summed E-state index contributed by atoms with van der Waals surface area (Å²) in [5.41, 5.74) is 1.66. The molecule has 4 rings (SSSR count). The monoisotopic (exact) mass is 541 g/mol. The van der Waals surface area contributed by atoms with Crippen molar-refractivity contribution < 1.29 is 23.5 Å². The maximum absolute atomic E-state index is 13.1. The molecule has 0 fully saturated rings. The average Bonchev–Trinajstić information content (AvgIpc) is 3.47. The maximum Gasteiger partial charge on any atom is 0.272 e. The first-order valence-electron chi connectivity index (χ1n) is 12.1. The van der Waals surface area contributed by atoms with Crippen molar-refractivity contribution in [2.75, 3.05) is 17.7 Å². The molecule has 9 heteroatoms. The van der Waals surface area contributed by atoms with E-state index in [1.165, 1.54) is 24.1 Å². The fourth-order valence-electron chi connectivity index (χ4n) is 3.45. The predicted octanol–water partition coefficient (Wildman–Crippen LogP) is 5.82. The van der Waals surface area contributed by atoms with Crippen molar-refractivity contribution in [3.8, 4) is 5.75 Å². The van der Waals surface area contributed by atoms with E-state index < -0.39 is 11.8 Å². The quantitative estimate of drug-likeness (QED) is 0.173. The van der Waals surface area contributed by atoms with Crippen molar-refractivity contribution in [2.45, 2.75) is 17.1 Å². The van der Waals surface area contributed by atoms with E-state index in [2.05, 4.69) is 16.0 Å². The van der Waals surface area contributed by atoms with Gasteiger partial charge in [-0.25, -0.2) is 0 Å². The molecule has 0 saturated heterocycles. The molecule has 1 unspecified atom stereocenters. The number of carbonyl (C=O) groups is 3. The van der Waals surface area contributed by atoms with Gasteiger partial charge in [-0.2, -0.15) is 0 Å². The highest BCUT2D eigenvalue weighted by atomic mass is 32.2. The standard InChI is InChI=1S/C30H27N3O5S/c1-20(28(34)31-22-10-14-24(37-2)15-11-22)39-26-16-12-23(13-17-26)32-30(36)27(19-25-9-6-18-38-25)33-29(35)21-7-4-3-5-8-21/h3-20H,1-2H3,(H,31,34)(H,32,36)(H,33,35)/b27-19-. The Balaban J connectivity index is 1.38. The summed E-state index contributed by atoms with van der Waals surface area (Å²) in [4.78, 5) is 39.2. The molecule has 3 amide bonds. The van der Waals surface area contributed by atoms with Gasteiger partial charge >= 0.3 is 0 Å². The van der Waals surface area contributed by atoms with E-state index in [9.17, 15) is 14.4 Å². The highest BCUT2D eigenvalue weighted by Gasteiger charge is 2.17. The first-order valence-corrected chi connectivity index (χ1v) is 12.9. The second-order valence-corrected chi connectivity index (χ2v) is 9.76. The lowest BCUT2D eigenvalue weighted by atomic mass is 10.2. The van der Waals surface area contributed by atoms with Gasteiger partial charge in [0.1, 0.15) is 17.2 Å². The van der Waals surface area contributed by atoms with Crippen LogP contribution in [0.4, 0.5) is 11.4 Å². The molecule has 4 aromatic rings. The van der Waals surface area contributed by atoms with Crippen molar-refractivity contribution in [1.29, 1.82) is 0 Å². The molecule has 0 aliphatic rings. The summed E-state index contributed by atoms with van der Waals surface area (Å²) < 4.78 is 10.5. The third kappa shape index (κ3) is 7.86. The number of furan rings is 1. The van der Waals surface area contributed by atoms with E-state index in [-0.39, 0.29) is 16.9 Å². The van der Waals surface area contributed by atoms with Crippen molar-refractivity contribution in [1.82, 2.24) is 5.32 Å². The summed E-state index contributed by atoms with van der Waals surface area (Å²) in [5.74, 6) is 0.0665. The molecule has 3 N–H and O–H groups in total. The highest BCUT2D eigenvalue weighted by Crippen LogP contribution is 2.26. The molecule has 1 aromatic heterocycles. The van der Waals surface area contributed by atoms with E-state index >= 15 is 0 Å². The van der Waals surface area contributed by atoms with E-state index in [0.29, 0.717) is 28.4 Å². The SMILES string of the molecule is COc1ccc(NC(=O)C(C)Sc2ccc(NC(=O)/C(=C/c3ccco3)NC(=O)c3ccccc3)cc2)cc1. The topological polar surface area (TPSA) is 110 Å². The van der Waals surface area contributed by atoms with Crippen LogP contribution in [0.15, 0.2) is 112 Å². The smallest absolute Gasteiger partial charge is 0.272 e. The summed E-state index contributed by atoms with van der Waals surface area (Å²) in [6.07, 6.45) is 2.94. The average molecular weight is 542 g/mol. The van der Waals surface area contributed by atoms with Crippen molar-refractivity contribution >= 4 is 46.9 Å². The Morgan fingerprint density at radius 3 is 2.15 bits per heavy atom. The molecule has 0 spiro atoms. The van der Waals surface area contributed by atoms with Crippen molar-refractivity contribution in [2.24, 2.45) is 0 Å². The number of rotatable bonds is 10.